The Hall–Kier alpha value is -3.82. The second-order valence-electron chi connectivity index (χ2n) is 8.40. The first-order valence-corrected chi connectivity index (χ1v) is 10.2. The zero-order chi connectivity index (χ0) is 24.8. The lowest BCUT2D eigenvalue weighted by molar-refractivity contribution is -0.386. The van der Waals surface area contributed by atoms with Crippen LogP contribution in [0, 0.1) is 17.0 Å². The maximum atomic E-state index is 12.0. The van der Waals surface area contributed by atoms with Gasteiger partial charge in [0, 0.05) is 18.1 Å². The molecule has 2 N–H and O–H groups in total. The minimum Gasteiger partial charge on any atom is -0.496 e. The van der Waals surface area contributed by atoms with Crippen molar-refractivity contribution in [3.05, 3.63) is 63.2 Å². The van der Waals surface area contributed by atoms with Gasteiger partial charge < -0.3 is 24.6 Å². The maximum Gasteiger partial charge on any atom is 0.408 e. The molecular weight excluding hydrogens is 432 g/mol. The van der Waals surface area contributed by atoms with E-state index in [1.807, 2.05) is 0 Å². The molecule has 0 aliphatic rings. The molecule has 178 valence electrons. The van der Waals surface area contributed by atoms with E-state index in [4.69, 9.17) is 14.2 Å². The third kappa shape index (κ3) is 7.67. The molecule has 2 aromatic rings. The summed E-state index contributed by atoms with van der Waals surface area (Å²) in [5.41, 5.74) is 1.02. The highest BCUT2D eigenvalue weighted by Gasteiger charge is 2.25. The average molecular weight is 460 g/mol. The molecule has 1 amide bonds. The van der Waals surface area contributed by atoms with E-state index in [2.05, 4.69) is 5.32 Å². The summed E-state index contributed by atoms with van der Waals surface area (Å²) in [4.78, 5) is 34.4. The van der Waals surface area contributed by atoms with Gasteiger partial charge >= 0.3 is 17.7 Å². The number of nitrogens with zero attached hydrogens (tertiary/aromatic N) is 1. The number of carboxylic acid groups (broad SMARTS) is 1. The van der Waals surface area contributed by atoms with Crippen molar-refractivity contribution in [2.45, 2.75) is 52.4 Å². The lowest BCUT2D eigenvalue weighted by atomic mass is 10.0. The van der Waals surface area contributed by atoms with Gasteiger partial charge in [-0.2, -0.15) is 0 Å². The van der Waals surface area contributed by atoms with E-state index >= 15 is 0 Å². The number of nitrogens with one attached hydrogen (secondary N) is 1. The monoisotopic (exact) mass is 460 g/mol. The van der Waals surface area contributed by atoms with Crippen LogP contribution in [0.4, 0.5) is 10.5 Å². The first-order valence-electron chi connectivity index (χ1n) is 10.2. The Balaban J connectivity index is 2.21. The van der Waals surface area contributed by atoms with E-state index in [-0.39, 0.29) is 24.5 Å². The van der Waals surface area contributed by atoms with Crippen molar-refractivity contribution in [3.8, 4) is 11.5 Å². The summed E-state index contributed by atoms with van der Waals surface area (Å²) in [6.45, 7) is 6.78. The third-order valence-electron chi connectivity index (χ3n) is 4.47. The molecule has 0 radical (unpaired) electrons. The van der Waals surface area contributed by atoms with E-state index in [0.29, 0.717) is 16.9 Å². The number of carbonyl (C=O) groups excluding carboxylic acids is 1. The highest BCUT2D eigenvalue weighted by molar-refractivity contribution is 5.80. The molecule has 1 unspecified atom stereocenters. The van der Waals surface area contributed by atoms with E-state index in [1.165, 1.54) is 13.2 Å². The average Bonchev–Trinajstić information content (AvgIpc) is 2.70. The third-order valence-corrected chi connectivity index (χ3v) is 4.47. The molecule has 10 nitrogen and oxygen atoms in total. The molecule has 1 atom stereocenters. The normalized spacial score (nSPS) is 11.9. The Morgan fingerprint density at radius 3 is 2.42 bits per heavy atom. The number of ether oxygens (including phenoxy) is 3. The summed E-state index contributed by atoms with van der Waals surface area (Å²) in [6.07, 6.45) is -0.852. The molecule has 2 aromatic carbocycles. The molecule has 10 heteroatoms. The van der Waals surface area contributed by atoms with Crippen LogP contribution >= 0.6 is 0 Å². The van der Waals surface area contributed by atoms with E-state index in [9.17, 15) is 24.8 Å². The van der Waals surface area contributed by atoms with E-state index < -0.39 is 28.6 Å². The molecule has 0 spiro atoms. The number of nitro groups is 1. The second kappa shape index (κ2) is 10.7. The van der Waals surface area contributed by atoms with Crippen molar-refractivity contribution in [1.82, 2.24) is 5.32 Å². The summed E-state index contributed by atoms with van der Waals surface area (Å²) in [5, 5.41) is 23.2. The van der Waals surface area contributed by atoms with Gasteiger partial charge in [-0.25, -0.2) is 9.59 Å². The fourth-order valence-electron chi connectivity index (χ4n) is 3.00. The Morgan fingerprint density at radius 2 is 1.85 bits per heavy atom. The Morgan fingerprint density at radius 1 is 1.15 bits per heavy atom. The maximum absolute atomic E-state index is 12.0. The largest absolute Gasteiger partial charge is 0.496 e. The summed E-state index contributed by atoms with van der Waals surface area (Å²) >= 11 is 0. The van der Waals surface area contributed by atoms with E-state index in [1.54, 1.807) is 58.0 Å². The molecular formula is C23H28N2O8. The van der Waals surface area contributed by atoms with Crippen LogP contribution in [0.25, 0.3) is 0 Å². The lowest BCUT2D eigenvalue weighted by Gasteiger charge is -2.22. The smallest absolute Gasteiger partial charge is 0.408 e. The molecule has 0 aliphatic heterocycles. The number of amides is 1. The van der Waals surface area contributed by atoms with Gasteiger partial charge in [-0.15, -0.1) is 0 Å². The summed E-state index contributed by atoms with van der Waals surface area (Å²) in [5.74, 6) is -0.631. The number of rotatable bonds is 9. The van der Waals surface area contributed by atoms with Crippen molar-refractivity contribution >= 4 is 17.7 Å². The van der Waals surface area contributed by atoms with Gasteiger partial charge in [0.25, 0.3) is 0 Å². The Bertz CT molecular complexity index is 1030. The SMILES string of the molecule is COc1ccc(CC(NC(=O)OC(C)(C)C)C(=O)O)cc1COc1cc(C)ccc1[N+](=O)[O-]. The molecule has 0 bridgehead atoms. The number of aryl methyl sites for hydroxylation is 1. The number of carbonyl (C=O) groups is 2. The van der Waals surface area contributed by atoms with Gasteiger partial charge in [0.05, 0.1) is 12.0 Å². The van der Waals surface area contributed by atoms with Crippen LogP contribution in [0.2, 0.25) is 0 Å². The van der Waals surface area contributed by atoms with Crippen molar-refractivity contribution in [3.63, 3.8) is 0 Å². The summed E-state index contributed by atoms with van der Waals surface area (Å²) < 4.78 is 16.2. The molecule has 0 saturated carbocycles. The molecule has 0 saturated heterocycles. The van der Waals surface area contributed by atoms with Crippen LogP contribution in [0.3, 0.4) is 0 Å². The Labute approximate surface area is 191 Å². The van der Waals surface area contributed by atoms with Gasteiger partial charge in [0.2, 0.25) is 0 Å². The number of aliphatic carboxylic acids is 1. The number of hydrogen-bond donors (Lipinski definition) is 2. The van der Waals surface area contributed by atoms with Crippen LogP contribution < -0.4 is 14.8 Å². The van der Waals surface area contributed by atoms with Crippen LogP contribution in [-0.2, 0) is 22.6 Å². The van der Waals surface area contributed by atoms with E-state index in [0.717, 1.165) is 5.56 Å². The lowest BCUT2D eigenvalue weighted by Crippen LogP contribution is -2.44. The zero-order valence-corrected chi connectivity index (χ0v) is 19.2. The molecule has 0 heterocycles. The van der Waals surface area contributed by atoms with Crippen molar-refractivity contribution in [1.29, 1.82) is 0 Å². The molecule has 2 rings (SSSR count). The second-order valence-corrected chi connectivity index (χ2v) is 8.40. The molecule has 0 fully saturated rings. The number of alkyl carbamates (subject to hydrolysis) is 1. The highest BCUT2D eigenvalue weighted by Crippen LogP contribution is 2.30. The number of methoxy groups -OCH3 is 1. The number of hydrogen-bond acceptors (Lipinski definition) is 7. The predicted octanol–water partition coefficient (Wildman–Crippen LogP) is 4.01. The van der Waals surface area contributed by atoms with Gasteiger partial charge in [-0.05, 0) is 57.0 Å². The predicted molar refractivity (Wildman–Crippen MR) is 120 cm³/mol. The molecule has 0 aromatic heterocycles. The molecule has 33 heavy (non-hydrogen) atoms. The van der Waals surface area contributed by atoms with Gasteiger partial charge in [-0.3, -0.25) is 10.1 Å². The summed E-state index contributed by atoms with van der Waals surface area (Å²) in [6, 6.07) is 8.33. The summed E-state index contributed by atoms with van der Waals surface area (Å²) in [7, 11) is 1.47. The number of benzene rings is 2. The van der Waals surface area contributed by atoms with Crippen LogP contribution in [0.1, 0.15) is 37.5 Å². The van der Waals surface area contributed by atoms with Gasteiger partial charge in [0.1, 0.15) is 24.0 Å². The van der Waals surface area contributed by atoms with Crippen LogP contribution in [0.5, 0.6) is 11.5 Å². The highest BCUT2D eigenvalue weighted by atomic mass is 16.6. The van der Waals surface area contributed by atoms with Gasteiger partial charge in [0.15, 0.2) is 5.75 Å². The minimum absolute atomic E-state index is 0.0177. The fraction of sp³-hybridized carbons (Fsp3) is 0.391. The van der Waals surface area contributed by atoms with Gasteiger partial charge in [-0.1, -0.05) is 12.1 Å². The standard InChI is InChI=1S/C23H28N2O8/c1-14-6-8-18(25(29)30)20(10-14)32-13-16-11-15(7-9-19(16)31-5)12-17(21(26)27)24-22(28)33-23(2,3)4/h6-11,17H,12-13H2,1-5H3,(H,24,28)(H,26,27). The number of nitro benzene ring substituents is 1. The zero-order valence-electron chi connectivity index (χ0n) is 19.2. The van der Waals surface area contributed by atoms with Crippen LogP contribution in [-0.4, -0.2) is 40.8 Å². The fourth-order valence-corrected chi connectivity index (χ4v) is 3.00. The first kappa shape index (κ1) is 25.4. The van der Waals surface area contributed by atoms with Crippen molar-refractivity contribution in [2.24, 2.45) is 0 Å². The van der Waals surface area contributed by atoms with Crippen molar-refractivity contribution < 1.29 is 33.8 Å². The Kier molecular flexibility index (Phi) is 8.22. The topological polar surface area (TPSA) is 137 Å². The molecule has 0 aliphatic carbocycles. The number of carboxylic acids is 1. The quantitative estimate of drug-likeness (QED) is 0.423. The first-order chi connectivity index (χ1) is 15.4. The minimum atomic E-state index is -1.22. The van der Waals surface area contributed by atoms with Crippen LogP contribution in [0.15, 0.2) is 36.4 Å². The van der Waals surface area contributed by atoms with Crippen molar-refractivity contribution in [2.75, 3.05) is 7.11 Å².